The van der Waals surface area contributed by atoms with Crippen LogP contribution in [0.15, 0.2) is 42.6 Å². The van der Waals surface area contributed by atoms with Gasteiger partial charge >= 0.3 is 5.97 Å². The SMILES string of the molecule is O=C(O)C(Cc1ccccc1Cl)Cc1cccnc1O. The van der Waals surface area contributed by atoms with E-state index in [1.54, 1.807) is 30.3 Å². The predicted octanol–water partition coefficient (Wildman–Crippen LogP) is 2.93. The zero-order valence-corrected chi connectivity index (χ0v) is 11.4. The number of pyridine rings is 1. The Kier molecular flexibility index (Phi) is 4.58. The Hall–Kier alpha value is -2.07. The Balaban J connectivity index is 2.19. The fourth-order valence-electron chi connectivity index (χ4n) is 2.03. The van der Waals surface area contributed by atoms with E-state index in [2.05, 4.69) is 4.98 Å². The van der Waals surface area contributed by atoms with Gasteiger partial charge in [-0.3, -0.25) is 4.79 Å². The number of hydrogen-bond donors (Lipinski definition) is 2. The summed E-state index contributed by atoms with van der Waals surface area (Å²) in [6.45, 7) is 0. The number of carboxylic acids is 1. The van der Waals surface area contributed by atoms with Crippen molar-refractivity contribution in [2.45, 2.75) is 12.8 Å². The topological polar surface area (TPSA) is 70.4 Å². The summed E-state index contributed by atoms with van der Waals surface area (Å²) in [4.78, 5) is 15.1. The van der Waals surface area contributed by atoms with E-state index in [4.69, 9.17) is 11.6 Å². The molecule has 1 atom stereocenters. The van der Waals surface area contributed by atoms with Crippen molar-refractivity contribution in [1.29, 1.82) is 0 Å². The van der Waals surface area contributed by atoms with Crippen LogP contribution in [0.2, 0.25) is 5.02 Å². The Labute approximate surface area is 121 Å². The van der Waals surface area contributed by atoms with Gasteiger partial charge in [-0.2, -0.15) is 0 Å². The number of carboxylic acid groups (broad SMARTS) is 1. The number of nitrogens with zero attached hydrogens (tertiary/aromatic N) is 1. The summed E-state index contributed by atoms with van der Waals surface area (Å²) in [5.41, 5.74) is 1.30. The summed E-state index contributed by atoms with van der Waals surface area (Å²) in [6.07, 6.45) is 1.98. The molecule has 0 aliphatic carbocycles. The average molecular weight is 292 g/mol. The summed E-state index contributed by atoms with van der Waals surface area (Å²) in [5.74, 6) is -1.71. The van der Waals surface area contributed by atoms with Gasteiger partial charge in [0.2, 0.25) is 5.88 Å². The molecule has 0 bridgehead atoms. The maximum atomic E-state index is 11.4. The Morgan fingerprint density at radius 2 is 1.80 bits per heavy atom. The molecule has 20 heavy (non-hydrogen) atoms. The van der Waals surface area contributed by atoms with Crippen molar-refractivity contribution in [2.75, 3.05) is 0 Å². The van der Waals surface area contributed by atoms with E-state index in [1.807, 2.05) is 6.07 Å². The van der Waals surface area contributed by atoms with Crippen molar-refractivity contribution in [2.24, 2.45) is 5.92 Å². The van der Waals surface area contributed by atoms with Gasteiger partial charge in [-0.15, -0.1) is 0 Å². The molecule has 2 aromatic rings. The first kappa shape index (κ1) is 14.3. The third-order valence-corrected chi connectivity index (χ3v) is 3.48. The maximum Gasteiger partial charge on any atom is 0.307 e. The molecule has 1 unspecified atom stereocenters. The van der Waals surface area contributed by atoms with Crippen LogP contribution in [0.4, 0.5) is 0 Å². The van der Waals surface area contributed by atoms with Gasteiger partial charge in [0, 0.05) is 16.8 Å². The average Bonchev–Trinajstić information content (AvgIpc) is 2.42. The summed E-state index contributed by atoms with van der Waals surface area (Å²) >= 11 is 6.05. The van der Waals surface area contributed by atoms with Gasteiger partial charge in [-0.25, -0.2) is 4.98 Å². The van der Waals surface area contributed by atoms with Gasteiger partial charge in [0.25, 0.3) is 0 Å². The molecule has 2 rings (SSSR count). The lowest BCUT2D eigenvalue weighted by molar-refractivity contribution is -0.141. The predicted molar refractivity (Wildman–Crippen MR) is 75.9 cm³/mol. The largest absolute Gasteiger partial charge is 0.493 e. The molecule has 0 fully saturated rings. The summed E-state index contributed by atoms with van der Waals surface area (Å²) < 4.78 is 0. The van der Waals surface area contributed by atoms with Gasteiger partial charge in [0.15, 0.2) is 0 Å². The van der Waals surface area contributed by atoms with Crippen LogP contribution in [0.1, 0.15) is 11.1 Å². The third-order valence-electron chi connectivity index (χ3n) is 3.11. The van der Waals surface area contributed by atoms with E-state index in [-0.39, 0.29) is 12.3 Å². The number of halogens is 1. The second-order valence-corrected chi connectivity index (χ2v) is 4.93. The number of benzene rings is 1. The van der Waals surface area contributed by atoms with Crippen LogP contribution in [0.25, 0.3) is 0 Å². The molecular formula is C15H14ClNO3. The molecule has 5 heteroatoms. The van der Waals surface area contributed by atoms with Gasteiger partial charge in [0.1, 0.15) is 0 Å². The molecule has 0 radical (unpaired) electrons. The highest BCUT2D eigenvalue weighted by Crippen LogP contribution is 2.23. The lowest BCUT2D eigenvalue weighted by Gasteiger charge is -2.14. The first-order chi connectivity index (χ1) is 9.58. The van der Waals surface area contributed by atoms with E-state index in [9.17, 15) is 15.0 Å². The highest BCUT2D eigenvalue weighted by molar-refractivity contribution is 6.31. The summed E-state index contributed by atoms with van der Waals surface area (Å²) in [7, 11) is 0. The molecule has 0 spiro atoms. The Bertz CT molecular complexity index is 568. The van der Waals surface area contributed by atoms with Crippen molar-refractivity contribution in [1.82, 2.24) is 4.98 Å². The number of aromatic hydroxyl groups is 1. The van der Waals surface area contributed by atoms with Crippen LogP contribution < -0.4 is 0 Å². The molecule has 1 aromatic heterocycles. The van der Waals surface area contributed by atoms with Crippen LogP contribution in [0.3, 0.4) is 0 Å². The molecule has 0 aliphatic rings. The van der Waals surface area contributed by atoms with Crippen LogP contribution in [0, 0.1) is 5.92 Å². The van der Waals surface area contributed by atoms with Crippen molar-refractivity contribution in [3.05, 3.63) is 58.7 Å². The quantitative estimate of drug-likeness (QED) is 0.888. The fourth-order valence-corrected chi connectivity index (χ4v) is 2.24. The first-order valence-electron chi connectivity index (χ1n) is 6.17. The van der Waals surface area contributed by atoms with Crippen LogP contribution in [-0.2, 0) is 17.6 Å². The first-order valence-corrected chi connectivity index (χ1v) is 6.55. The maximum absolute atomic E-state index is 11.4. The highest BCUT2D eigenvalue weighted by Gasteiger charge is 2.21. The van der Waals surface area contributed by atoms with Gasteiger partial charge < -0.3 is 10.2 Å². The second-order valence-electron chi connectivity index (χ2n) is 4.52. The number of rotatable bonds is 5. The number of aromatic nitrogens is 1. The molecule has 1 heterocycles. The van der Waals surface area contributed by atoms with Gasteiger partial charge in [-0.05, 0) is 30.5 Å². The lowest BCUT2D eigenvalue weighted by atomic mass is 9.93. The monoisotopic (exact) mass is 291 g/mol. The van der Waals surface area contributed by atoms with Crippen LogP contribution in [-0.4, -0.2) is 21.2 Å². The van der Waals surface area contributed by atoms with Crippen molar-refractivity contribution < 1.29 is 15.0 Å². The number of carbonyl (C=O) groups is 1. The van der Waals surface area contributed by atoms with E-state index in [0.717, 1.165) is 5.56 Å². The van der Waals surface area contributed by atoms with Gasteiger partial charge in [0.05, 0.1) is 5.92 Å². The van der Waals surface area contributed by atoms with Crippen LogP contribution >= 0.6 is 11.6 Å². The normalized spacial score (nSPS) is 12.1. The van der Waals surface area contributed by atoms with Crippen LogP contribution in [0.5, 0.6) is 5.88 Å². The molecule has 4 nitrogen and oxygen atoms in total. The minimum absolute atomic E-state index is 0.127. The molecule has 0 aliphatic heterocycles. The Morgan fingerprint density at radius 1 is 1.15 bits per heavy atom. The minimum Gasteiger partial charge on any atom is -0.493 e. The third kappa shape index (κ3) is 3.48. The smallest absolute Gasteiger partial charge is 0.307 e. The second kappa shape index (κ2) is 6.39. The van der Waals surface area contributed by atoms with E-state index < -0.39 is 11.9 Å². The van der Waals surface area contributed by atoms with Gasteiger partial charge in [-0.1, -0.05) is 35.9 Å². The van der Waals surface area contributed by atoms with Crippen molar-refractivity contribution in [3.63, 3.8) is 0 Å². The van der Waals surface area contributed by atoms with E-state index in [1.165, 1.54) is 6.20 Å². The molecule has 0 saturated heterocycles. The van der Waals surface area contributed by atoms with Crippen molar-refractivity contribution >= 4 is 17.6 Å². The van der Waals surface area contributed by atoms with E-state index in [0.29, 0.717) is 17.0 Å². The van der Waals surface area contributed by atoms with E-state index >= 15 is 0 Å². The molecule has 0 saturated carbocycles. The zero-order chi connectivity index (χ0) is 14.5. The Morgan fingerprint density at radius 3 is 2.45 bits per heavy atom. The zero-order valence-electron chi connectivity index (χ0n) is 10.7. The molecule has 104 valence electrons. The highest BCUT2D eigenvalue weighted by atomic mass is 35.5. The molecule has 0 amide bonds. The van der Waals surface area contributed by atoms with Crippen molar-refractivity contribution in [3.8, 4) is 5.88 Å². The summed E-state index contributed by atoms with van der Waals surface area (Å²) in [5, 5.41) is 19.5. The molecule has 2 N–H and O–H groups in total. The standard InChI is InChI=1S/C15H14ClNO3/c16-13-6-2-1-4-10(13)8-12(15(19)20)9-11-5-3-7-17-14(11)18/h1-7,12H,8-9H2,(H,17,18)(H,19,20). The number of aliphatic carboxylic acids is 1. The lowest BCUT2D eigenvalue weighted by Crippen LogP contribution is -2.19. The number of hydrogen-bond acceptors (Lipinski definition) is 3. The fraction of sp³-hybridized carbons (Fsp3) is 0.200. The summed E-state index contributed by atoms with van der Waals surface area (Å²) in [6, 6.07) is 10.5. The molecular weight excluding hydrogens is 278 g/mol. The minimum atomic E-state index is -0.923. The molecule has 1 aromatic carbocycles.